The predicted molar refractivity (Wildman–Crippen MR) is 112 cm³/mol. The molecule has 1 N–H and O–H groups in total. The molecule has 0 aliphatic heterocycles. The van der Waals surface area contributed by atoms with Gasteiger partial charge < -0.3 is 19.4 Å². The van der Waals surface area contributed by atoms with Gasteiger partial charge in [-0.25, -0.2) is 19.3 Å². The van der Waals surface area contributed by atoms with Crippen molar-refractivity contribution in [3.63, 3.8) is 0 Å². The van der Waals surface area contributed by atoms with Crippen LogP contribution in [0.2, 0.25) is 5.02 Å². The lowest BCUT2D eigenvalue weighted by atomic mass is 10.2. The Balaban J connectivity index is 1.39. The van der Waals surface area contributed by atoms with Gasteiger partial charge in [-0.05, 0) is 30.3 Å². The lowest BCUT2D eigenvalue weighted by molar-refractivity contribution is 0.317. The van der Waals surface area contributed by atoms with Gasteiger partial charge in [0, 0.05) is 37.0 Å². The molecular formula is C21H19ClFN5O2. The van der Waals surface area contributed by atoms with Gasteiger partial charge in [0.05, 0.1) is 23.2 Å². The number of hydrogen-bond acceptors (Lipinski definition) is 6. The minimum atomic E-state index is -0.453. The third-order valence-corrected chi connectivity index (χ3v) is 4.72. The smallest absolute Gasteiger partial charge is 0.226 e. The molecule has 0 saturated heterocycles. The molecule has 2 aromatic heterocycles. The second-order valence-electron chi connectivity index (χ2n) is 6.50. The van der Waals surface area contributed by atoms with Crippen molar-refractivity contribution in [2.45, 2.75) is 6.42 Å². The van der Waals surface area contributed by atoms with Gasteiger partial charge in [0.1, 0.15) is 23.7 Å². The second kappa shape index (κ2) is 8.96. The second-order valence-corrected chi connectivity index (χ2v) is 6.94. The predicted octanol–water partition coefficient (Wildman–Crippen LogP) is 4.23. The third kappa shape index (κ3) is 4.60. The molecule has 0 unspecified atom stereocenters. The van der Waals surface area contributed by atoms with Crippen LogP contribution in [0.1, 0.15) is 5.82 Å². The average molecular weight is 428 g/mol. The number of nitrogens with one attached hydrogen (secondary N) is 1. The number of benzene rings is 2. The highest BCUT2D eigenvalue weighted by Crippen LogP contribution is 2.26. The highest BCUT2D eigenvalue weighted by atomic mass is 35.5. The van der Waals surface area contributed by atoms with Crippen LogP contribution in [0.25, 0.3) is 10.9 Å². The summed E-state index contributed by atoms with van der Waals surface area (Å²) in [6, 6.07) is 9.89. The van der Waals surface area contributed by atoms with Crippen molar-refractivity contribution >= 4 is 28.2 Å². The Morgan fingerprint density at radius 3 is 2.80 bits per heavy atom. The minimum Gasteiger partial charge on any atom is -0.493 e. The topological polar surface area (TPSA) is 74.1 Å². The van der Waals surface area contributed by atoms with E-state index >= 15 is 0 Å². The van der Waals surface area contributed by atoms with E-state index in [1.807, 2.05) is 36.0 Å². The lowest BCUT2D eigenvalue weighted by Crippen LogP contribution is -2.11. The SMILES string of the molecule is Cn1ccnc1CCOc1ccc2c(OCNc3ccc(Cl)cc3F)ncnc2c1. The first-order chi connectivity index (χ1) is 14.6. The first-order valence-corrected chi connectivity index (χ1v) is 9.63. The number of rotatable bonds is 8. The monoisotopic (exact) mass is 427 g/mol. The summed E-state index contributed by atoms with van der Waals surface area (Å²) in [5.74, 6) is 1.59. The molecule has 0 saturated carbocycles. The Morgan fingerprint density at radius 2 is 2.00 bits per heavy atom. The van der Waals surface area contributed by atoms with Crippen LogP contribution in [0.4, 0.5) is 10.1 Å². The highest BCUT2D eigenvalue weighted by Gasteiger charge is 2.08. The number of anilines is 1. The van der Waals surface area contributed by atoms with Crippen molar-refractivity contribution < 1.29 is 13.9 Å². The van der Waals surface area contributed by atoms with E-state index in [2.05, 4.69) is 20.3 Å². The van der Waals surface area contributed by atoms with Gasteiger partial charge in [-0.2, -0.15) is 0 Å². The zero-order chi connectivity index (χ0) is 20.9. The molecule has 0 amide bonds. The van der Waals surface area contributed by atoms with E-state index in [0.717, 1.165) is 11.2 Å². The lowest BCUT2D eigenvalue weighted by Gasteiger charge is -2.11. The van der Waals surface area contributed by atoms with Crippen LogP contribution >= 0.6 is 11.6 Å². The van der Waals surface area contributed by atoms with Crippen LogP contribution < -0.4 is 14.8 Å². The number of nitrogens with zero attached hydrogens (tertiary/aromatic N) is 4. The molecule has 0 fully saturated rings. The largest absolute Gasteiger partial charge is 0.493 e. The van der Waals surface area contributed by atoms with Gasteiger partial charge in [-0.3, -0.25) is 0 Å². The van der Waals surface area contributed by atoms with E-state index < -0.39 is 5.82 Å². The van der Waals surface area contributed by atoms with Gasteiger partial charge in [0.25, 0.3) is 0 Å². The maximum atomic E-state index is 13.8. The Kier molecular flexibility index (Phi) is 5.94. The molecule has 30 heavy (non-hydrogen) atoms. The number of halogens is 2. The van der Waals surface area contributed by atoms with E-state index in [1.54, 1.807) is 18.3 Å². The summed E-state index contributed by atoms with van der Waals surface area (Å²) in [4.78, 5) is 12.7. The molecule has 0 radical (unpaired) electrons. The van der Waals surface area contributed by atoms with E-state index in [0.29, 0.717) is 40.9 Å². The molecule has 154 valence electrons. The molecule has 0 bridgehead atoms. The van der Waals surface area contributed by atoms with Gasteiger partial charge in [-0.1, -0.05) is 11.6 Å². The summed E-state index contributed by atoms with van der Waals surface area (Å²) in [5.41, 5.74) is 0.980. The van der Waals surface area contributed by atoms with Crippen molar-refractivity contribution in [1.29, 1.82) is 0 Å². The van der Waals surface area contributed by atoms with Gasteiger partial charge in [0.15, 0.2) is 6.73 Å². The van der Waals surface area contributed by atoms with Crippen molar-refractivity contribution in [1.82, 2.24) is 19.5 Å². The van der Waals surface area contributed by atoms with Crippen LogP contribution in [0.15, 0.2) is 55.1 Å². The average Bonchev–Trinajstić information content (AvgIpc) is 3.14. The van der Waals surface area contributed by atoms with E-state index in [4.69, 9.17) is 21.1 Å². The summed E-state index contributed by atoms with van der Waals surface area (Å²) in [6.45, 7) is 0.536. The van der Waals surface area contributed by atoms with Crippen molar-refractivity contribution in [3.8, 4) is 11.6 Å². The first kappa shape index (κ1) is 19.9. The molecule has 0 aliphatic carbocycles. The fraction of sp³-hybridized carbons (Fsp3) is 0.190. The highest BCUT2D eigenvalue weighted by molar-refractivity contribution is 6.30. The van der Waals surface area contributed by atoms with Crippen LogP contribution in [-0.4, -0.2) is 32.9 Å². The number of fused-ring (bicyclic) bond motifs is 1. The van der Waals surface area contributed by atoms with E-state index in [-0.39, 0.29) is 6.73 Å². The molecule has 0 aliphatic rings. The molecular weight excluding hydrogens is 409 g/mol. The molecule has 4 rings (SSSR count). The summed E-state index contributed by atoms with van der Waals surface area (Å²) in [5, 5.41) is 3.92. The summed E-state index contributed by atoms with van der Waals surface area (Å²) in [7, 11) is 1.95. The molecule has 0 spiro atoms. The Hall–Kier alpha value is -3.39. The Morgan fingerprint density at radius 1 is 1.10 bits per heavy atom. The molecule has 0 atom stereocenters. The van der Waals surface area contributed by atoms with Gasteiger partial charge in [-0.15, -0.1) is 0 Å². The van der Waals surface area contributed by atoms with Gasteiger partial charge >= 0.3 is 0 Å². The molecule has 9 heteroatoms. The standard InChI is InChI=1S/C21H19ClFN5O2/c1-28-8-7-24-20(28)6-9-29-15-3-4-16-19(11-15)25-12-26-21(16)30-13-27-18-5-2-14(22)10-17(18)23/h2-5,7-8,10-12,27H,6,9,13H2,1H3. The van der Waals surface area contributed by atoms with Crippen LogP contribution in [-0.2, 0) is 13.5 Å². The van der Waals surface area contributed by atoms with Crippen LogP contribution in [0.5, 0.6) is 11.6 Å². The molecule has 2 aromatic carbocycles. The number of hydrogen-bond donors (Lipinski definition) is 1. The van der Waals surface area contributed by atoms with Gasteiger partial charge in [0.2, 0.25) is 5.88 Å². The third-order valence-electron chi connectivity index (χ3n) is 4.49. The van der Waals surface area contributed by atoms with Crippen LogP contribution in [0.3, 0.4) is 0 Å². The quantitative estimate of drug-likeness (QED) is 0.424. The fourth-order valence-electron chi connectivity index (χ4n) is 2.93. The zero-order valence-corrected chi connectivity index (χ0v) is 16.9. The van der Waals surface area contributed by atoms with Crippen LogP contribution in [0, 0.1) is 5.82 Å². The van der Waals surface area contributed by atoms with E-state index in [1.165, 1.54) is 12.4 Å². The van der Waals surface area contributed by atoms with E-state index in [9.17, 15) is 4.39 Å². The minimum absolute atomic E-state index is 0.0343. The number of imidazole rings is 1. The first-order valence-electron chi connectivity index (χ1n) is 9.25. The summed E-state index contributed by atoms with van der Waals surface area (Å²) in [6.07, 6.45) is 5.78. The molecule has 2 heterocycles. The zero-order valence-electron chi connectivity index (χ0n) is 16.2. The number of aromatic nitrogens is 4. The molecule has 7 nitrogen and oxygen atoms in total. The summed E-state index contributed by atoms with van der Waals surface area (Å²) < 4.78 is 27.3. The Labute approximate surface area is 177 Å². The molecule has 4 aromatic rings. The number of ether oxygens (including phenoxy) is 2. The van der Waals surface area contributed by atoms with Crippen molar-refractivity contribution in [2.75, 3.05) is 18.7 Å². The fourth-order valence-corrected chi connectivity index (χ4v) is 3.09. The van der Waals surface area contributed by atoms with Crippen molar-refractivity contribution in [3.05, 3.63) is 71.8 Å². The maximum absolute atomic E-state index is 13.8. The normalized spacial score (nSPS) is 10.9. The van der Waals surface area contributed by atoms with Crippen molar-refractivity contribution in [2.24, 2.45) is 7.05 Å². The maximum Gasteiger partial charge on any atom is 0.226 e. The summed E-state index contributed by atoms with van der Waals surface area (Å²) >= 11 is 5.76. The number of aryl methyl sites for hydroxylation is 1. The Bertz CT molecular complexity index is 1170.